The van der Waals surface area contributed by atoms with Gasteiger partial charge >= 0.3 is 6.03 Å². The highest BCUT2D eigenvalue weighted by atomic mass is 33.1. The average Bonchev–Trinajstić information content (AvgIpc) is 1.56. The summed E-state index contributed by atoms with van der Waals surface area (Å²) in [5, 5.41) is 50.5. The van der Waals surface area contributed by atoms with Crippen molar-refractivity contribution in [1.82, 2.24) is 79.4 Å². The molecule has 1 aromatic heterocycles. The van der Waals surface area contributed by atoms with Crippen molar-refractivity contribution in [1.29, 1.82) is 0 Å². The Morgan fingerprint density at radius 1 is 0.559 bits per heavy atom. The Morgan fingerprint density at radius 2 is 1.17 bits per heavy atom. The van der Waals surface area contributed by atoms with Gasteiger partial charge in [0.05, 0.1) is 12.5 Å². The van der Waals surface area contributed by atoms with E-state index >= 15 is 33.6 Å². The molecule has 2 heterocycles. The molecule has 0 saturated carbocycles. The molecule has 40 nitrogen and oxygen atoms in total. The Kier molecular flexibility index (Phi) is 40.5. The van der Waals surface area contributed by atoms with Gasteiger partial charge in [-0.25, -0.2) is 4.79 Å². The summed E-state index contributed by atoms with van der Waals surface area (Å²) in [6.07, 6.45) is -3.04. The number of aromatic amines is 1. The molecule has 694 valence electrons. The van der Waals surface area contributed by atoms with E-state index in [2.05, 4.69) is 79.4 Å². The van der Waals surface area contributed by atoms with Gasteiger partial charge in [0, 0.05) is 98.7 Å². The molecule has 0 aliphatic carbocycles. The molecule has 18 amide bonds. The smallest absolute Gasteiger partial charge is 0.312 e. The van der Waals surface area contributed by atoms with Gasteiger partial charge in [0.1, 0.15) is 78.3 Å². The van der Waals surface area contributed by atoms with Crippen molar-refractivity contribution in [2.24, 2.45) is 34.4 Å². The number of para-hydroxylation sites is 1. The van der Waals surface area contributed by atoms with Gasteiger partial charge in [-0.05, 0) is 158 Å². The van der Waals surface area contributed by atoms with Crippen LogP contribution < -0.4 is 114 Å². The number of aryl methyl sites for hydroxylation is 1. The number of nitrogens with one attached hydrogen (secondary N) is 15. The Hall–Kier alpha value is -12.1. The molecule has 0 radical (unpaired) electrons. The Balaban J connectivity index is 1.53. The quantitative estimate of drug-likeness (QED) is 0.0150. The Labute approximate surface area is 743 Å². The molecule has 1 aliphatic heterocycles. The zero-order valence-electron chi connectivity index (χ0n) is 72.9. The van der Waals surface area contributed by atoms with E-state index in [4.69, 9.17) is 39.1 Å². The summed E-state index contributed by atoms with van der Waals surface area (Å²) < 4.78 is 2.56. The number of carbonyl (C=O) groups excluding carboxylic acids is 17. The van der Waals surface area contributed by atoms with Crippen LogP contribution in [0.5, 0.6) is 5.75 Å². The van der Waals surface area contributed by atoms with Crippen molar-refractivity contribution < 1.29 is 91.4 Å². The summed E-state index contributed by atoms with van der Waals surface area (Å²) in [5.41, 5.74) is 34.4. The third kappa shape index (κ3) is 33.3. The predicted molar refractivity (Wildman–Crippen MR) is 477 cm³/mol. The van der Waals surface area contributed by atoms with Gasteiger partial charge in [-0.3, -0.25) is 76.7 Å². The number of rotatable bonds is 43. The van der Waals surface area contributed by atoms with Gasteiger partial charge in [0.2, 0.25) is 94.5 Å². The zero-order valence-corrected chi connectivity index (χ0v) is 74.6. The minimum Gasteiger partial charge on any atom is -0.492 e. The monoisotopic (exact) mass is 1810 g/mol. The van der Waals surface area contributed by atoms with E-state index in [-0.39, 0.29) is 109 Å². The molecule has 1 fully saturated rings. The van der Waals surface area contributed by atoms with E-state index in [0.29, 0.717) is 45.1 Å². The molecule has 127 heavy (non-hydrogen) atoms. The first-order valence-electron chi connectivity index (χ1n) is 41.9. The molecular weight excluding hydrogens is 1680 g/mol. The largest absolute Gasteiger partial charge is 0.492 e. The van der Waals surface area contributed by atoms with Gasteiger partial charge in [-0.1, -0.05) is 94.4 Å². The second-order valence-electron chi connectivity index (χ2n) is 32.6. The third-order valence-electron chi connectivity index (χ3n) is 21.0. The number of ether oxygens (including phenoxy) is 1. The molecule has 42 heteroatoms. The van der Waals surface area contributed by atoms with Crippen molar-refractivity contribution >= 4 is 144 Å². The fraction of sp³-hybridized carbons (Fsp3) is 0.518. The number of H-pyrrole nitrogens is 1. The van der Waals surface area contributed by atoms with Gasteiger partial charge in [0.25, 0.3) is 0 Å². The molecule has 1 unspecified atom stereocenters. The molecular formula is C85H123N21O19S2. The molecule has 28 N–H and O–H groups in total. The Bertz CT molecular complexity index is 4740. The lowest BCUT2D eigenvalue weighted by Gasteiger charge is -2.39. The first-order valence-corrected chi connectivity index (χ1v) is 44.0. The number of hydrogen-bond acceptors (Lipinski definition) is 23. The van der Waals surface area contributed by atoms with Gasteiger partial charge in [-0.2, -0.15) is 0 Å². The summed E-state index contributed by atoms with van der Waals surface area (Å²) in [6, 6.07) is 6.17. The zero-order chi connectivity index (χ0) is 94.0. The number of urea groups is 1. The van der Waals surface area contributed by atoms with Crippen molar-refractivity contribution in [2.75, 3.05) is 39.3 Å². The van der Waals surface area contributed by atoms with Crippen LogP contribution >= 0.6 is 21.6 Å². The normalized spacial score (nSPS) is 19.1. The maximum Gasteiger partial charge on any atom is 0.312 e. The topological polar surface area (TPSA) is 660 Å². The number of hydrogen-bond donors (Lipinski definition) is 22. The lowest BCUT2D eigenvalue weighted by atomic mass is 9.91. The molecule has 0 bridgehead atoms. The number of fused-ring (bicyclic) bond motifs is 2. The fourth-order valence-electron chi connectivity index (χ4n) is 14.0. The maximum absolute atomic E-state index is 16.3. The predicted octanol–water partition coefficient (Wildman–Crippen LogP) is -1.91. The van der Waals surface area contributed by atoms with Crippen molar-refractivity contribution in [3.8, 4) is 5.75 Å². The molecule has 0 spiro atoms. The van der Waals surface area contributed by atoms with Crippen LogP contribution in [-0.4, -0.2) is 232 Å². The maximum atomic E-state index is 16.3. The van der Waals surface area contributed by atoms with Gasteiger partial charge in [-0.15, -0.1) is 0 Å². The summed E-state index contributed by atoms with van der Waals surface area (Å²) >= 11 is 0. The van der Waals surface area contributed by atoms with Crippen LogP contribution in [0.2, 0.25) is 0 Å². The SMILES string of the molecule is CC(=O)NCCCC[C@H](NC(=O)C(C)(CCCCN)NC(=O)[C@H](Cc1ccc2ccccc2c1)NC(=O)[C@H](Cc1ccc(OCCN)cc1)NC(=O)[C@H]1NC(=O)[C@H](CCC(N)=O)NC(=O)[C@H](Cc2c[nH]c3c(C)cccc23)NC(=O)[C@H]([C@@H](C)O)NC(=O)[C@H](CCCNC(N)=O)NC(=O)[C@@H](NC(C)=O)C(C)(C)SSC1(C)C)C(=O)N[C@@H](CC(N)=O)C(=O)NCCC(N)=O. The van der Waals surface area contributed by atoms with Crippen molar-refractivity contribution in [3.05, 3.63) is 113 Å². The number of unbranched alkanes of at least 4 members (excludes halogenated alkanes) is 2. The number of nitrogens with two attached hydrogens (primary N) is 6. The molecule has 12 atom stereocenters. The standard InChI is InChI=1S/C85H123N21O19S2/c1-46-18-16-21-56-54(45-95-67(46)56)43-62-76(118)97-59(30-31-64(88)110)74(116)105-70(84(7,8)127-126-83(5,6)69(96-49(4)109)79(121)98-57(23-17-37-94-82(91)124)73(115)104-68(47(2)107)78(120)101-62)80(122)102-60(41-50-25-28-55(29-26-50)125-39-35-87)75(117)99-61(42-51-24-27-52-19-10-11-20-53(52)40-51)77(119)106-85(9,33-13-14-34-86)81(123)103-58(22-12-15-36-92-48(3)108)72(114)100-63(44-66(90)112)71(113)93-38-32-65(89)111/h10-11,16,18-21,24-29,40,45,47,57-63,68-70,95,107H,12-15,17,22-23,30-39,41-44,86-87H2,1-9H3,(H2,88,110)(H2,89,111)(H2,90,112)(H,92,108)(H,93,113)(H,96,109)(H,97,118)(H,98,121)(H,99,117)(H,100,114)(H,101,120)(H,102,122)(H,103,123)(H,104,115)(H,105,116)(H,106,119)(H3,91,94,124)/t47-,57+,58+,59+,60+,61+,62+,63+,68+,69-,70-,85?/m1/s1. The number of carbonyl (C=O) groups is 17. The van der Waals surface area contributed by atoms with E-state index in [1.807, 2.05) is 31.2 Å². The summed E-state index contributed by atoms with van der Waals surface area (Å²) in [4.78, 5) is 244. The number of amides is 18. The molecule has 6 rings (SSSR count). The van der Waals surface area contributed by atoms with Crippen LogP contribution in [0.25, 0.3) is 21.7 Å². The van der Waals surface area contributed by atoms with Crippen molar-refractivity contribution in [2.45, 2.75) is 240 Å². The van der Waals surface area contributed by atoms with Crippen LogP contribution in [-0.2, 0) is 96.0 Å². The lowest BCUT2D eigenvalue weighted by Crippen LogP contribution is -2.65. The minimum absolute atomic E-state index is 0.0226. The third-order valence-corrected chi connectivity index (χ3v) is 25.2. The number of aromatic nitrogens is 1. The van der Waals surface area contributed by atoms with E-state index in [1.165, 1.54) is 34.6 Å². The number of aliphatic hydroxyl groups is 1. The van der Waals surface area contributed by atoms with Gasteiger partial charge in [0.15, 0.2) is 0 Å². The van der Waals surface area contributed by atoms with E-state index < -0.39 is 202 Å². The van der Waals surface area contributed by atoms with E-state index in [0.717, 1.165) is 39.5 Å². The summed E-state index contributed by atoms with van der Waals surface area (Å²) in [7, 11) is 1.81. The minimum atomic E-state index is -2.01. The number of aliphatic hydroxyl groups excluding tert-OH is 1. The second-order valence-corrected chi connectivity index (χ2v) is 36.1. The van der Waals surface area contributed by atoms with Crippen LogP contribution in [0.1, 0.15) is 155 Å². The van der Waals surface area contributed by atoms with Crippen LogP contribution in [0.3, 0.4) is 0 Å². The van der Waals surface area contributed by atoms with Crippen molar-refractivity contribution in [3.63, 3.8) is 0 Å². The van der Waals surface area contributed by atoms with E-state index in [1.54, 1.807) is 80.7 Å². The van der Waals surface area contributed by atoms with Crippen LogP contribution in [0, 0.1) is 6.92 Å². The number of benzene rings is 4. The molecule has 4 aromatic carbocycles. The van der Waals surface area contributed by atoms with Gasteiger partial charge < -0.3 is 124 Å². The van der Waals surface area contributed by atoms with E-state index in [9.17, 15) is 53.1 Å². The first kappa shape index (κ1) is 104. The first-order chi connectivity index (χ1) is 59.9. The second kappa shape index (κ2) is 49.7. The van der Waals surface area contributed by atoms with Crippen LogP contribution in [0.4, 0.5) is 4.79 Å². The summed E-state index contributed by atoms with van der Waals surface area (Å²) in [5.74, 6) is -14.8. The molecule has 1 saturated heterocycles. The fourth-order valence-corrected chi connectivity index (χ4v) is 16.8. The molecule has 5 aromatic rings. The highest BCUT2D eigenvalue weighted by Crippen LogP contribution is 2.47. The highest BCUT2D eigenvalue weighted by molar-refractivity contribution is 8.77. The summed E-state index contributed by atoms with van der Waals surface area (Å²) in [6.45, 7) is 13.0. The number of primary amides is 4. The highest BCUT2D eigenvalue weighted by Gasteiger charge is 2.47. The van der Waals surface area contributed by atoms with Crippen LogP contribution in [0.15, 0.2) is 91.1 Å². The lowest BCUT2D eigenvalue weighted by molar-refractivity contribution is -0.138. The Morgan fingerprint density at radius 3 is 1.81 bits per heavy atom. The molecule has 1 aliphatic rings. The average molecular weight is 1810 g/mol.